The van der Waals surface area contributed by atoms with Crippen LogP contribution in [0.1, 0.15) is 43.5 Å². The summed E-state index contributed by atoms with van der Waals surface area (Å²) in [5.41, 5.74) is 0.667. The molecule has 2 aliphatic rings. The molecule has 1 amide bonds. The summed E-state index contributed by atoms with van der Waals surface area (Å²) >= 11 is 0. The van der Waals surface area contributed by atoms with Crippen LogP contribution in [0.25, 0.3) is 0 Å². The third-order valence-electron chi connectivity index (χ3n) is 5.33. The number of likely N-dealkylation sites (tertiary alicyclic amines) is 1. The number of carbonyl (C=O) groups is 1. The second-order valence-electron chi connectivity index (χ2n) is 6.87. The fourth-order valence-electron chi connectivity index (χ4n) is 3.58. The van der Waals surface area contributed by atoms with E-state index in [2.05, 4.69) is 21.7 Å². The van der Waals surface area contributed by atoms with E-state index >= 15 is 0 Å². The topological polar surface area (TPSA) is 39.7 Å². The molecule has 0 saturated carbocycles. The van der Waals surface area contributed by atoms with Crippen LogP contribution < -0.4 is 4.90 Å². The Labute approximate surface area is 139 Å². The number of rotatable bonds is 4. The lowest BCUT2D eigenvalue weighted by molar-refractivity contribution is 0.0801. The normalized spacial score (nSPS) is 22.7. The molecule has 0 aliphatic carbocycles. The lowest BCUT2D eigenvalue weighted by atomic mass is 9.97. The lowest BCUT2D eigenvalue weighted by Crippen LogP contribution is -2.62. The molecule has 2 aliphatic heterocycles. The number of anilines is 1. The van der Waals surface area contributed by atoms with Crippen molar-refractivity contribution in [1.82, 2.24) is 14.8 Å². The summed E-state index contributed by atoms with van der Waals surface area (Å²) in [6.07, 6.45) is 5.75. The van der Waals surface area contributed by atoms with Crippen LogP contribution in [0.3, 0.4) is 0 Å². The highest BCUT2D eigenvalue weighted by Gasteiger charge is 2.35. The Bertz CT molecular complexity index is 538. The molecule has 3 heterocycles. The van der Waals surface area contributed by atoms with Crippen molar-refractivity contribution in [2.75, 3.05) is 38.1 Å². The standard InChI is InChI=1S/C18H28N4O/c1-4-20(3)18(23)15-8-9-17(19-11-15)21-12-16(13-21)22-10-6-5-7-14(22)2/h8-9,11,14,16H,4-7,10,12-13H2,1-3H3/t14-/m1/s1. The van der Waals surface area contributed by atoms with Gasteiger partial charge in [-0.2, -0.15) is 0 Å². The average Bonchev–Trinajstić information content (AvgIpc) is 2.54. The molecule has 1 aromatic rings. The minimum absolute atomic E-state index is 0.0372. The molecule has 5 heteroatoms. The van der Waals surface area contributed by atoms with Crippen LogP contribution in [-0.2, 0) is 0 Å². The molecule has 23 heavy (non-hydrogen) atoms. The Morgan fingerprint density at radius 2 is 2.13 bits per heavy atom. The highest BCUT2D eigenvalue weighted by molar-refractivity contribution is 5.93. The van der Waals surface area contributed by atoms with Crippen molar-refractivity contribution >= 4 is 11.7 Å². The number of hydrogen-bond donors (Lipinski definition) is 0. The first-order chi connectivity index (χ1) is 11.1. The molecule has 0 radical (unpaired) electrons. The van der Waals surface area contributed by atoms with Gasteiger partial charge in [0.2, 0.25) is 0 Å². The fraction of sp³-hybridized carbons (Fsp3) is 0.667. The van der Waals surface area contributed by atoms with E-state index in [0.29, 0.717) is 24.2 Å². The number of piperidine rings is 1. The molecule has 0 spiro atoms. The summed E-state index contributed by atoms with van der Waals surface area (Å²) in [6.45, 7) is 8.39. The maximum atomic E-state index is 12.1. The number of aromatic nitrogens is 1. The highest BCUT2D eigenvalue weighted by atomic mass is 16.2. The van der Waals surface area contributed by atoms with Crippen molar-refractivity contribution in [2.24, 2.45) is 0 Å². The molecule has 2 saturated heterocycles. The quantitative estimate of drug-likeness (QED) is 0.854. The molecule has 2 fully saturated rings. The average molecular weight is 316 g/mol. The third-order valence-corrected chi connectivity index (χ3v) is 5.33. The van der Waals surface area contributed by atoms with E-state index in [4.69, 9.17) is 0 Å². The molecule has 1 atom stereocenters. The number of pyridine rings is 1. The van der Waals surface area contributed by atoms with Crippen molar-refractivity contribution in [1.29, 1.82) is 0 Å². The molecule has 0 aromatic carbocycles. The van der Waals surface area contributed by atoms with Gasteiger partial charge in [-0.15, -0.1) is 0 Å². The van der Waals surface area contributed by atoms with Crippen molar-refractivity contribution in [3.05, 3.63) is 23.9 Å². The molecule has 5 nitrogen and oxygen atoms in total. The minimum Gasteiger partial charge on any atom is -0.353 e. The Hall–Kier alpha value is -1.62. The fourth-order valence-corrected chi connectivity index (χ4v) is 3.58. The molecule has 0 unspecified atom stereocenters. The van der Waals surface area contributed by atoms with Crippen molar-refractivity contribution in [2.45, 2.75) is 45.2 Å². The summed E-state index contributed by atoms with van der Waals surface area (Å²) in [5, 5.41) is 0. The van der Waals surface area contributed by atoms with Gasteiger partial charge in [-0.1, -0.05) is 6.42 Å². The van der Waals surface area contributed by atoms with Crippen LogP contribution in [0.4, 0.5) is 5.82 Å². The second kappa shape index (κ2) is 6.87. The highest BCUT2D eigenvalue weighted by Crippen LogP contribution is 2.27. The van der Waals surface area contributed by atoms with E-state index in [9.17, 15) is 4.79 Å². The number of nitrogens with zero attached hydrogens (tertiary/aromatic N) is 4. The summed E-state index contributed by atoms with van der Waals surface area (Å²) in [4.78, 5) is 23.3. The van der Waals surface area contributed by atoms with Crippen LogP contribution in [0.15, 0.2) is 18.3 Å². The van der Waals surface area contributed by atoms with Crippen LogP contribution >= 0.6 is 0 Å². The van der Waals surface area contributed by atoms with Crippen LogP contribution in [0.5, 0.6) is 0 Å². The molecule has 126 valence electrons. The molecule has 0 bridgehead atoms. The van der Waals surface area contributed by atoms with Gasteiger partial charge in [-0.3, -0.25) is 9.69 Å². The van der Waals surface area contributed by atoms with Crippen molar-refractivity contribution in [3.63, 3.8) is 0 Å². The Kier molecular flexibility index (Phi) is 4.85. The van der Waals surface area contributed by atoms with Gasteiger partial charge in [0.25, 0.3) is 5.91 Å². The maximum absolute atomic E-state index is 12.1. The number of amides is 1. The third kappa shape index (κ3) is 3.34. The van der Waals surface area contributed by atoms with E-state index in [1.165, 1.54) is 25.8 Å². The first kappa shape index (κ1) is 16.2. The minimum atomic E-state index is 0.0372. The van der Waals surface area contributed by atoms with Gasteiger partial charge >= 0.3 is 0 Å². The molecule has 3 rings (SSSR count). The number of carbonyl (C=O) groups excluding carboxylic acids is 1. The Morgan fingerprint density at radius 1 is 1.35 bits per heavy atom. The zero-order valence-corrected chi connectivity index (χ0v) is 14.5. The number of hydrogen-bond acceptors (Lipinski definition) is 4. The summed E-state index contributed by atoms with van der Waals surface area (Å²) in [7, 11) is 1.82. The monoisotopic (exact) mass is 316 g/mol. The Balaban J connectivity index is 1.56. The van der Waals surface area contributed by atoms with Crippen LogP contribution in [0, 0.1) is 0 Å². The Morgan fingerprint density at radius 3 is 2.74 bits per heavy atom. The van der Waals surface area contributed by atoms with Crippen molar-refractivity contribution < 1.29 is 4.79 Å². The van der Waals surface area contributed by atoms with E-state index < -0.39 is 0 Å². The predicted molar refractivity (Wildman–Crippen MR) is 92.9 cm³/mol. The van der Waals surface area contributed by atoms with Gasteiger partial charge < -0.3 is 9.80 Å². The van der Waals surface area contributed by atoms with Crippen LogP contribution in [-0.4, -0.2) is 66.0 Å². The molecular weight excluding hydrogens is 288 g/mol. The summed E-state index contributed by atoms with van der Waals surface area (Å²) in [6, 6.07) is 5.26. The van der Waals surface area contributed by atoms with Gasteiger partial charge in [0.05, 0.1) is 5.56 Å². The van der Waals surface area contributed by atoms with Gasteiger partial charge in [0.1, 0.15) is 5.82 Å². The zero-order valence-electron chi connectivity index (χ0n) is 14.5. The second-order valence-corrected chi connectivity index (χ2v) is 6.87. The summed E-state index contributed by atoms with van der Waals surface area (Å²) in [5.74, 6) is 1.02. The smallest absolute Gasteiger partial charge is 0.255 e. The molecular formula is C18H28N4O. The van der Waals surface area contributed by atoms with E-state index in [0.717, 1.165) is 18.9 Å². The van der Waals surface area contributed by atoms with Gasteiger partial charge in [0.15, 0.2) is 0 Å². The van der Waals surface area contributed by atoms with E-state index in [1.54, 1.807) is 11.1 Å². The largest absolute Gasteiger partial charge is 0.353 e. The molecule has 0 N–H and O–H groups in total. The van der Waals surface area contributed by atoms with E-state index in [1.807, 2.05) is 26.1 Å². The molecule has 1 aromatic heterocycles. The van der Waals surface area contributed by atoms with Gasteiger partial charge in [-0.05, 0) is 45.4 Å². The zero-order chi connectivity index (χ0) is 16.4. The van der Waals surface area contributed by atoms with Gasteiger partial charge in [-0.25, -0.2) is 4.98 Å². The SMILES string of the molecule is CCN(C)C(=O)c1ccc(N2CC(N3CCCC[C@H]3C)C2)nc1. The maximum Gasteiger partial charge on any atom is 0.255 e. The first-order valence-corrected chi connectivity index (χ1v) is 8.82. The van der Waals surface area contributed by atoms with Gasteiger partial charge in [0, 0.05) is 45.0 Å². The predicted octanol–water partition coefficient (Wildman–Crippen LogP) is 2.24. The van der Waals surface area contributed by atoms with Crippen molar-refractivity contribution in [3.8, 4) is 0 Å². The van der Waals surface area contributed by atoms with Crippen LogP contribution in [0.2, 0.25) is 0 Å². The van der Waals surface area contributed by atoms with E-state index in [-0.39, 0.29) is 5.91 Å². The lowest BCUT2D eigenvalue weighted by Gasteiger charge is -2.49. The summed E-state index contributed by atoms with van der Waals surface area (Å²) < 4.78 is 0. The first-order valence-electron chi connectivity index (χ1n) is 8.82.